The van der Waals surface area contributed by atoms with Gasteiger partial charge in [-0.25, -0.2) is 4.79 Å². The molecule has 0 fully saturated rings. The average molecular weight is 355 g/mol. The fraction of sp³-hybridized carbons (Fsp3) is 0.250. The molecule has 122 valence electrons. The van der Waals surface area contributed by atoms with Crippen molar-refractivity contribution in [2.75, 3.05) is 12.3 Å². The van der Waals surface area contributed by atoms with E-state index in [1.165, 1.54) is 12.1 Å². The molecule has 23 heavy (non-hydrogen) atoms. The lowest BCUT2D eigenvalue weighted by Crippen LogP contribution is -2.16. The molecule has 2 N–H and O–H groups in total. The Kier molecular flexibility index (Phi) is 5.02. The average Bonchev–Trinajstić information content (AvgIpc) is 2.75. The highest BCUT2D eigenvalue weighted by atomic mass is 35.5. The summed E-state index contributed by atoms with van der Waals surface area (Å²) in [4.78, 5) is 24.3. The van der Waals surface area contributed by atoms with Crippen LogP contribution >= 0.6 is 23.2 Å². The lowest BCUT2D eigenvalue weighted by atomic mass is 10.1. The normalized spacial score (nSPS) is 10.7. The number of aryl methyl sites for hydroxylation is 1. The summed E-state index contributed by atoms with van der Waals surface area (Å²) >= 11 is 11.7. The van der Waals surface area contributed by atoms with Gasteiger partial charge in [-0.2, -0.15) is 0 Å². The van der Waals surface area contributed by atoms with Crippen molar-refractivity contribution in [2.24, 2.45) is 7.05 Å². The Morgan fingerprint density at radius 3 is 2.39 bits per heavy atom. The van der Waals surface area contributed by atoms with Gasteiger partial charge in [-0.1, -0.05) is 23.2 Å². The highest BCUT2D eigenvalue weighted by Gasteiger charge is 2.19. The van der Waals surface area contributed by atoms with E-state index in [4.69, 9.17) is 33.7 Å². The predicted octanol–water partition coefficient (Wildman–Crippen LogP) is 3.57. The molecule has 0 aliphatic carbocycles. The van der Waals surface area contributed by atoms with Crippen LogP contribution in [0.4, 0.5) is 5.69 Å². The molecular formula is C16H16Cl2N2O3. The van der Waals surface area contributed by atoms with E-state index in [2.05, 4.69) is 0 Å². The van der Waals surface area contributed by atoms with Crippen LogP contribution in [0, 0.1) is 13.8 Å². The van der Waals surface area contributed by atoms with Crippen LogP contribution in [0.2, 0.25) is 10.0 Å². The summed E-state index contributed by atoms with van der Waals surface area (Å²) in [7, 11) is 1.86. The minimum Gasteiger partial charge on any atom is -0.454 e. The van der Waals surface area contributed by atoms with Gasteiger partial charge in [0, 0.05) is 29.0 Å². The van der Waals surface area contributed by atoms with E-state index < -0.39 is 5.97 Å². The fourth-order valence-corrected chi connectivity index (χ4v) is 2.67. The number of Topliss-reactive ketones (excluding diaryl/α,β-unsaturated/α-hetero) is 1. The third-order valence-electron chi connectivity index (χ3n) is 3.72. The number of esters is 1. The summed E-state index contributed by atoms with van der Waals surface area (Å²) in [6.07, 6.45) is 0. The number of nitrogens with two attached hydrogens (primary N) is 1. The Hall–Kier alpha value is -1.98. The molecular weight excluding hydrogens is 339 g/mol. The monoisotopic (exact) mass is 354 g/mol. The highest BCUT2D eigenvalue weighted by Crippen LogP contribution is 2.28. The first kappa shape index (κ1) is 17.4. The molecule has 1 heterocycles. The topological polar surface area (TPSA) is 74.3 Å². The van der Waals surface area contributed by atoms with Gasteiger partial charge in [0.05, 0.1) is 16.3 Å². The number of ketones is 1. The smallest absolute Gasteiger partial charge is 0.340 e. The van der Waals surface area contributed by atoms with Gasteiger partial charge in [-0.3, -0.25) is 4.79 Å². The van der Waals surface area contributed by atoms with E-state index in [0.717, 1.165) is 11.4 Å². The summed E-state index contributed by atoms with van der Waals surface area (Å²) < 4.78 is 6.94. The molecule has 0 saturated heterocycles. The molecule has 2 rings (SSSR count). The summed E-state index contributed by atoms with van der Waals surface area (Å²) in [5.41, 5.74) is 8.13. The molecule has 0 saturated carbocycles. The van der Waals surface area contributed by atoms with Crippen LogP contribution < -0.4 is 5.73 Å². The maximum Gasteiger partial charge on any atom is 0.340 e. The molecule has 0 atom stereocenters. The van der Waals surface area contributed by atoms with Gasteiger partial charge < -0.3 is 15.0 Å². The van der Waals surface area contributed by atoms with Crippen molar-refractivity contribution < 1.29 is 14.3 Å². The van der Waals surface area contributed by atoms with Crippen LogP contribution in [-0.4, -0.2) is 22.9 Å². The van der Waals surface area contributed by atoms with Crippen molar-refractivity contribution in [1.82, 2.24) is 4.57 Å². The summed E-state index contributed by atoms with van der Waals surface area (Å²) in [6, 6.07) is 4.54. The van der Waals surface area contributed by atoms with E-state index >= 15 is 0 Å². The molecule has 0 aliphatic heterocycles. The summed E-state index contributed by atoms with van der Waals surface area (Å²) in [5.74, 6) is -1.03. The first-order chi connectivity index (χ1) is 10.7. The molecule has 1 aromatic carbocycles. The van der Waals surface area contributed by atoms with Gasteiger partial charge in [0.1, 0.15) is 0 Å². The maximum absolute atomic E-state index is 12.2. The largest absolute Gasteiger partial charge is 0.454 e. The number of anilines is 1. The van der Waals surface area contributed by atoms with Gasteiger partial charge in [0.25, 0.3) is 0 Å². The molecule has 0 aliphatic rings. The second-order valence-corrected chi connectivity index (χ2v) is 6.04. The van der Waals surface area contributed by atoms with E-state index in [0.29, 0.717) is 5.56 Å². The molecule has 1 aromatic heterocycles. The van der Waals surface area contributed by atoms with Crippen molar-refractivity contribution in [2.45, 2.75) is 13.8 Å². The number of benzene rings is 1. The first-order valence-corrected chi connectivity index (χ1v) is 7.55. The molecule has 2 aromatic rings. The van der Waals surface area contributed by atoms with Crippen molar-refractivity contribution >= 4 is 40.6 Å². The number of rotatable bonds is 4. The molecule has 7 heteroatoms. The zero-order valence-corrected chi connectivity index (χ0v) is 14.5. The number of ether oxygens (including phenoxy) is 1. The van der Waals surface area contributed by atoms with Crippen LogP contribution in [0.5, 0.6) is 0 Å². The number of nitrogen functional groups attached to an aromatic ring is 1. The third kappa shape index (κ3) is 3.51. The van der Waals surface area contributed by atoms with Gasteiger partial charge in [-0.15, -0.1) is 0 Å². The first-order valence-electron chi connectivity index (χ1n) is 6.80. The molecule has 0 bridgehead atoms. The van der Waals surface area contributed by atoms with Gasteiger partial charge in [-0.05, 0) is 32.0 Å². The Balaban J connectivity index is 2.13. The quantitative estimate of drug-likeness (QED) is 0.517. The Labute approximate surface area is 143 Å². The third-order valence-corrected chi connectivity index (χ3v) is 4.26. The molecule has 5 nitrogen and oxygen atoms in total. The molecule has 0 amide bonds. The zero-order chi connectivity index (χ0) is 17.3. The Morgan fingerprint density at radius 2 is 1.83 bits per heavy atom. The van der Waals surface area contributed by atoms with Crippen molar-refractivity contribution in [3.63, 3.8) is 0 Å². The van der Waals surface area contributed by atoms with Crippen LogP contribution in [-0.2, 0) is 11.8 Å². The lowest BCUT2D eigenvalue weighted by molar-refractivity contribution is 0.0475. The number of aromatic nitrogens is 1. The minimum absolute atomic E-state index is 0.0382. The standard InChI is InChI=1S/C16H16Cl2N2O3/c1-8-4-11(9(2)20(8)3)14(21)7-23-16(22)12-5-10(17)6-13(18)15(12)19/h4-6H,7,19H2,1-3H3. The number of carbonyl (C=O) groups is 2. The SMILES string of the molecule is Cc1cc(C(=O)COC(=O)c2cc(Cl)cc(Cl)c2N)c(C)n1C. The van der Waals surface area contributed by atoms with E-state index in [1.54, 1.807) is 6.07 Å². The van der Waals surface area contributed by atoms with E-state index in [1.807, 2.05) is 25.5 Å². The lowest BCUT2D eigenvalue weighted by Gasteiger charge is -2.08. The van der Waals surface area contributed by atoms with Crippen molar-refractivity contribution in [1.29, 1.82) is 0 Å². The Bertz CT molecular complexity index is 797. The number of hydrogen-bond donors (Lipinski definition) is 1. The van der Waals surface area contributed by atoms with E-state index in [9.17, 15) is 9.59 Å². The van der Waals surface area contributed by atoms with Crippen LogP contribution in [0.15, 0.2) is 18.2 Å². The Morgan fingerprint density at radius 1 is 1.17 bits per heavy atom. The van der Waals surface area contributed by atoms with Crippen molar-refractivity contribution in [3.05, 3.63) is 50.8 Å². The highest BCUT2D eigenvalue weighted by molar-refractivity contribution is 6.37. The van der Waals surface area contributed by atoms with Gasteiger partial charge in [0.15, 0.2) is 6.61 Å². The molecule has 0 radical (unpaired) electrons. The summed E-state index contributed by atoms with van der Waals surface area (Å²) in [5, 5.41) is 0.419. The van der Waals surface area contributed by atoms with Crippen LogP contribution in [0.3, 0.4) is 0 Å². The molecule has 0 unspecified atom stereocenters. The second kappa shape index (κ2) is 6.64. The summed E-state index contributed by atoms with van der Waals surface area (Å²) in [6.45, 7) is 3.34. The number of halogens is 2. The van der Waals surface area contributed by atoms with Crippen molar-refractivity contribution in [3.8, 4) is 0 Å². The van der Waals surface area contributed by atoms with Crippen LogP contribution in [0.1, 0.15) is 32.1 Å². The van der Waals surface area contributed by atoms with Gasteiger partial charge >= 0.3 is 5.97 Å². The minimum atomic E-state index is -0.745. The number of hydrogen-bond acceptors (Lipinski definition) is 4. The number of carbonyl (C=O) groups excluding carboxylic acids is 2. The second-order valence-electron chi connectivity index (χ2n) is 5.19. The predicted molar refractivity (Wildman–Crippen MR) is 90.4 cm³/mol. The zero-order valence-electron chi connectivity index (χ0n) is 12.9. The molecule has 0 spiro atoms. The van der Waals surface area contributed by atoms with Crippen LogP contribution in [0.25, 0.3) is 0 Å². The maximum atomic E-state index is 12.2. The van der Waals surface area contributed by atoms with Gasteiger partial charge in [0.2, 0.25) is 5.78 Å². The fourth-order valence-electron chi connectivity index (χ4n) is 2.18. The number of nitrogens with zero attached hydrogens (tertiary/aromatic N) is 1. The van der Waals surface area contributed by atoms with E-state index in [-0.39, 0.29) is 33.7 Å².